The molecule has 1 aromatic carbocycles. The van der Waals surface area contributed by atoms with Crippen LogP contribution in [0.5, 0.6) is 0 Å². The molecule has 0 unspecified atom stereocenters. The summed E-state index contributed by atoms with van der Waals surface area (Å²) in [4.78, 5) is 28.6. The molecule has 0 saturated carbocycles. The largest absolute Gasteiger partial charge is 0.441 e. The summed E-state index contributed by atoms with van der Waals surface area (Å²) in [6, 6.07) is 7.23. The lowest BCUT2D eigenvalue weighted by atomic mass is 9.90. The van der Waals surface area contributed by atoms with E-state index in [2.05, 4.69) is 13.8 Å². The number of carbonyl (C=O) groups is 2. The molecule has 2 saturated heterocycles. The van der Waals surface area contributed by atoms with E-state index in [4.69, 9.17) is 9.84 Å². The van der Waals surface area contributed by atoms with Crippen molar-refractivity contribution in [1.82, 2.24) is 9.80 Å². The molecule has 0 radical (unpaired) electrons. The standard InChI is InChI=1S/C20H28N2O4/c1-3-4-15(2)22-14-20(26-19(22)25)9-11-21(12-10-20)18(24)17-7-5-16(13-23)6-8-17/h5-8,15,23H,3-4,9-14H2,1-2H3/t15-/m1/s1. The van der Waals surface area contributed by atoms with E-state index < -0.39 is 5.60 Å². The number of piperidine rings is 1. The van der Waals surface area contributed by atoms with E-state index >= 15 is 0 Å². The molecular weight excluding hydrogens is 332 g/mol. The van der Waals surface area contributed by atoms with Gasteiger partial charge in [-0.1, -0.05) is 25.5 Å². The van der Waals surface area contributed by atoms with E-state index in [0.29, 0.717) is 38.0 Å². The number of hydrogen-bond acceptors (Lipinski definition) is 4. The highest BCUT2D eigenvalue weighted by Crippen LogP contribution is 2.35. The van der Waals surface area contributed by atoms with Gasteiger partial charge in [0, 0.05) is 37.5 Å². The number of nitrogens with zero attached hydrogens (tertiary/aromatic N) is 2. The zero-order valence-corrected chi connectivity index (χ0v) is 15.6. The maximum Gasteiger partial charge on any atom is 0.410 e. The van der Waals surface area contributed by atoms with E-state index in [1.54, 1.807) is 24.3 Å². The van der Waals surface area contributed by atoms with Gasteiger partial charge in [0.1, 0.15) is 5.60 Å². The Kier molecular flexibility index (Phi) is 5.51. The molecule has 1 N–H and O–H groups in total. The van der Waals surface area contributed by atoms with Crippen LogP contribution in [0.3, 0.4) is 0 Å². The van der Waals surface area contributed by atoms with Crippen molar-refractivity contribution in [1.29, 1.82) is 0 Å². The predicted octanol–water partition coefficient (Wildman–Crippen LogP) is 2.79. The highest BCUT2D eigenvalue weighted by molar-refractivity contribution is 5.94. The first-order chi connectivity index (χ1) is 12.5. The van der Waals surface area contributed by atoms with Crippen LogP contribution in [-0.4, -0.2) is 58.2 Å². The van der Waals surface area contributed by atoms with Gasteiger partial charge >= 0.3 is 6.09 Å². The summed E-state index contributed by atoms with van der Waals surface area (Å²) in [5, 5.41) is 9.11. The second kappa shape index (κ2) is 7.66. The number of benzene rings is 1. The number of aliphatic hydroxyl groups excluding tert-OH is 1. The highest BCUT2D eigenvalue weighted by Gasteiger charge is 2.48. The molecule has 6 heteroatoms. The van der Waals surface area contributed by atoms with E-state index in [0.717, 1.165) is 18.4 Å². The fourth-order valence-corrected chi connectivity index (χ4v) is 3.87. The highest BCUT2D eigenvalue weighted by atomic mass is 16.6. The van der Waals surface area contributed by atoms with Gasteiger partial charge in [0.05, 0.1) is 13.2 Å². The average Bonchev–Trinajstić information content (AvgIpc) is 2.98. The quantitative estimate of drug-likeness (QED) is 0.877. The zero-order chi connectivity index (χ0) is 18.7. The van der Waals surface area contributed by atoms with Gasteiger partial charge < -0.3 is 19.6 Å². The molecule has 3 rings (SSSR count). The van der Waals surface area contributed by atoms with Gasteiger partial charge in [0.15, 0.2) is 0 Å². The summed E-state index contributed by atoms with van der Waals surface area (Å²) >= 11 is 0. The van der Waals surface area contributed by atoms with Crippen LogP contribution in [0.2, 0.25) is 0 Å². The molecule has 2 heterocycles. The van der Waals surface area contributed by atoms with Crippen molar-refractivity contribution in [2.24, 2.45) is 0 Å². The summed E-state index contributed by atoms with van der Waals surface area (Å²) in [5.74, 6) is -0.00938. The Morgan fingerprint density at radius 2 is 1.92 bits per heavy atom. The molecule has 142 valence electrons. The minimum Gasteiger partial charge on any atom is -0.441 e. The molecule has 0 bridgehead atoms. The van der Waals surface area contributed by atoms with Gasteiger partial charge in [-0.15, -0.1) is 0 Å². The van der Waals surface area contributed by atoms with Gasteiger partial charge in [0.25, 0.3) is 5.91 Å². The second-order valence-electron chi connectivity index (χ2n) is 7.46. The molecule has 26 heavy (non-hydrogen) atoms. The lowest BCUT2D eigenvalue weighted by Crippen LogP contribution is -2.49. The van der Waals surface area contributed by atoms with E-state index in [1.807, 2.05) is 9.80 Å². The van der Waals surface area contributed by atoms with Gasteiger partial charge in [-0.2, -0.15) is 0 Å². The van der Waals surface area contributed by atoms with Crippen LogP contribution in [0.1, 0.15) is 55.5 Å². The van der Waals surface area contributed by atoms with Crippen LogP contribution in [0.15, 0.2) is 24.3 Å². The molecule has 0 aromatic heterocycles. The van der Waals surface area contributed by atoms with Crippen molar-refractivity contribution in [3.8, 4) is 0 Å². The third-order valence-corrected chi connectivity index (χ3v) is 5.58. The van der Waals surface area contributed by atoms with Crippen LogP contribution in [0, 0.1) is 0 Å². The van der Waals surface area contributed by atoms with Crippen LogP contribution in [-0.2, 0) is 11.3 Å². The number of rotatable bonds is 5. The lowest BCUT2D eigenvalue weighted by Gasteiger charge is -2.37. The molecular formula is C20H28N2O4. The van der Waals surface area contributed by atoms with Crippen molar-refractivity contribution in [3.05, 3.63) is 35.4 Å². The Labute approximate surface area is 154 Å². The predicted molar refractivity (Wildman–Crippen MR) is 97.8 cm³/mol. The smallest absolute Gasteiger partial charge is 0.410 e. The van der Waals surface area contributed by atoms with Crippen molar-refractivity contribution in [3.63, 3.8) is 0 Å². The first kappa shape index (κ1) is 18.7. The van der Waals surface area contributed by atoms with Gasteiger partial charge in [-0.25, -0.2) is 4.79 Å². The maximum absolute atomic E-state index is 12.7. The van der Waals surface area contributed by atoms with Crippen molar-refractivity contribution < 1.29 is 19.4 Å². The number of hydrogen-bond donors (Lipinski definition) is 1. The third kappa shape index (κ3) is 3.70. The molecule has 1 spiro atoms. The van der Waals surface area contributed by atoms with Crippen LogP contribution in [0.4, 0.5) is 4.79 Å². The first-order valence-electron chi connectivity index (χ1n) is 9.47. The van der Waals surface area contributed by atoms with Gasteiger partial charge in [0.2, 0.25) is 0 Å². The molecule has 1 atom stereocenters. The Morgan fingerprint density at radius 3 is 2.50 bits per heavy atom. The van der Waals surface area contributed by atoms with Crippen molar-refractivity contribution >= 4 is 12.0 Å². The Morgan fingerprint density at radius 1 is 1.27 bits per heavy atom. The number of carbonyl (C=O) groups excluding carboxylic acids is 2. The van der Waals surface area contributed by atoms with E-state index in [9.17, 15) is 9.59 Å². The molecule has 2 aliphatic rings. The first-order valence-corrected chi connectivity index (χ1v) is 9.47. The Bertz CT molecular complexity index is 650. The average molecular weight is 360 g/mol. The topological polar surface area (TPSA) is 70.1 Å². The summed E-state index contributed by atoms with van der Waals surface area (Å²) in [6.07, 6.45) is 3.14. The Balaban J connectivity index is 1.60. The zero-order valence-electron chi connectivity index (χ0n) is 15.6. The fraction of sp³-hybridized carbons (Fsp3) is 0.600. The maximum atomic E-state index is 12.7. The molecule has 2 fully saturated rings. The minimum absolute atomic E-state index is 0.00938. The van der Waals surface area contributed by atoms with Crippen LogP contribution < -0.4 is 0 Å². The van der Waals surface area contributed by atoms with Gasteiger partial charge in [-0.05, 0) is 31.0 Å². The summed E-state index contributed by atoms with van der Waals surface area (Å²) < 4.78 is 5.76. The minimum atomic E-state index is -0.448. The number of likely N-dealkylation sites (tertiary alicyclic amines) is 1. The van der Waals surface area contributed by atoms with E-state index in [1.165, 1.54) is 0 Å². The molecule has 0 aliphatic carbocycles. The van der Waals surface area contributed by atoms with Crippen molar-refractivity contribution in [2.45, 2.75) is 57.8 Å². The number of ether oxygens (including phenoxy) is 1. The number of amides is 2. The summed E-state index contributed by atoms with van der Waals surface area (Å²) in [6.45, 7) is 5.95. The molecule has 1 aromatic rings. The SMILES string of the molecule is CCC[C@@H](C)N1CC2(CCN(C(=O)c3ccc(CO)cc3)CC2)OC1=O. The molecule has 2 amide bonds. The number of aliphatic hydroxyl groups is 1. The van der Waals surface area contributed by atoms with E-state index in [-0.39, 0.29) is 24.6 Å². The van der Waals surface area contributed by atoms with Crippen LogP contribution >= 0.6 is 0 Å². The summed E-state index contributed by atoms with van der Waals surface area (Å²) in [7, 11) is 0. The second-order valence-corrected chi connectivity index (χ2v) is 7.46. The fourth-order valence-electron chi connectivity index (χ4n) is 3.87. The molecule has 2 aliphatic heterocycles. The van der Waals surface area contributed by atoms with Gasteiger partial charge in [-0.3, -0.25) is 4.79 Å². The van der Waals surface area contributed by atoms with Crippen molar-refractivity contribution in [2.75, 3.05) is 19.6 Å². The monoisotopic (exact) mass is 360 g/mol. The van der Waals surface area contributed by atoms with Crippen LogP contribution in [0.25, 0.3) is 0 Å². The Hall–Kier alpha value is -2.08. The normalized spacial score (nSPS) is 20.3. The summed E-state index contributed by atoms with van der Waals surface area (Å²) in [5.41, 5.74) is 0.967. The lowest BCUT2D eigenvalue weighted by molar-refractivity contribution is 0.00306. The molecule has 6 nitrogen and oxygen atoms in total. The third-order valence-electron chi connectivity index (χ3n) is 5.58.